The van der Waals surface area contributed by atoms with Crippen LogP contribution < -0.4 is 34.0 Å². The van der Waals surface area contributed by atoms with Crippen LogP contribution in [0.25, 0.3) is 10.8 Å². The summed E-state index contributed by atoms with van der Waals surface area (Å²) in [6.07, 6.45) is 2.44. The first kappa shape index (κ1) is 26.8. The van der Waals surface area contributed by atoms with Crippen LogP contribution in [0.1, 0.15) is 38.3 Å². The zero-order valence-electron chi connectivity index (χ0n) is 13.5. The molecule has 4 heteroatoms. The summed E-state index contributed by atoms with van der Waals surface area (Å²) >= 11 is 0. The van der Waals surface area contributed by atoms with Crippen LogP contribution in [0.3, 0.4) is 0 Å². The fourth-order valence-electron chi connectivity index (χ4n) is 2.21. The van der Waals surface area contributed by atoms with Crippen LogP contribution in [-0.4, -0.2) is 9.52 Å². The van der Waals surface area contributed by atoms with Gasteiger partial charge in [-0.05, 0) is 6.42 Å². The van der Waals surface area contributed by atoms with E-state index in [1.165, 1.54) is 56.3 Å². The van der Waals surface area contributed by atoms with Gasteiger partial charge in [0.2, 0.25) is 0 Å². The third-order valence-corrected chi connectivity index (χ3v) is 4.20. The summed E-state index contributed by atoms with van der Waals surface area (Å²) in [4.78, 5) is 0. The molecule has 0 aliphatic heterocycles. The maximum Gasteiger partial charge on any atom is 3.00 e. The Kier molecular flexibility index (Phi) is 20.1. The topological polar surface area (TPSA) is 0 Å². The average Bonchev–Trinajstić information content (AvgIpc) is 2.70. The van der Waals surface area contributed by atoms with Gasteiger partial charge in [-0.1, -0.05) is 52.3 Å². The molecule has 21 heavy (non-hydrogen) atoms. The molecule has 115 valence electrons. The van der Waals surface area contributed by atoms with E-state index in [1.807, 2.05) is 0 Å². The van der Waals surface area contributed by atoms with Crippen molar-refractivity contribution in [2.45, 2.75) is 52.6 Å². The molecule has 0 spiro atoms. The Morgan fingerprint density at radius 3 is 2.00 bits per heavy atom. The summed E-state index contributed by atoms with van der Waals surface area (Å²) in [5.41, 5.74) is 2.99. The van der Waals surface area contributed by atoms with E-state index in [0.717, 1.165) is 0 Å². The normalized spacial score (nSPS) is 8.76. The molecular formula is C17H25Br2SiZr. The van der Waals surface area contributed by atoms with Gasteiger partial charge >= 0.3 is 26.2 Å². The van der Waals surface area contributed by atoms with Crippen LogP contribution in [0.15, 0.2) is 30.3 Å². The van der Waals surface area contributed by atoms with Gasteiger partial charge in [0, 0.05) is 9.52 Å². The standard InChI is InChI=1S/C13H15.C4H10Si.2BrH.Zr/c1-3-6-11-9-12-7-4-5-8-13(12)10(11)2;1-3-5-4-2;;;/h4-5,7-9H,3,6H2,1-2H3;3-4H2,1-2H3;2*1H;/q-1;;;;+3/p-2. The second-order valence-electron chi connectivity index (χ2n) is 4.59. The average molecular weight is 509 g/mol. The van der Waals surface area contributed by atoms with Gasteiger partial charge in [0.05, 0.1) is 0 Å². The van der Waals surface area contributed by atoms with E-state index in [1.54, 1.807) is 0 Å². The fourth-order valence-corrected chi connectivity index (χ4v) is 2.71. The molecule has 0 aliphatic rings. The zero-order valence-corrected chi connectivity index (χ0v) is 20.1. The maximum absolute atomic E-state index is 2.33. The molecule has 0 aliphatic carbocycles. The van der Waals surface area contributed by atoms with Crippen LogP contribution in [0.2, 0.25) is 12.1 Å². The molecule has 2 aromatic rings. The van der Waals surface area contributed by atoms with Crippen molar-refractivity contribution in [1.29, 1.82) is 0 Å². The van der Waals surface area contributed by atoms with E-state index in [4.69, 9.17) is 0 Å². The second kappa shape index (κ2) is 15.8. The van der Waals surface area contributed by atoms with Crippen LogP contribution >= 0.6 is 0 Å². The molecule has 0 saturated carbocycles. The number of hydrogen-bond acceptors (Lipinski definition) is 0. The van der Waals surface area contributed by atoms with E-state index in [0.29, 0.717) is 0 Å². The van der Waals surface area contributed by atoms with E-state index < -0.39 is 0 Å². The summed E-state index contributed by atoms with van der Waals surface area (Å²) < 4.78 is 0. The van der Waals surface area contributed by atoms with E-state index in [2.05, 4.69) is 58.0 Å². The molecule has 0 fully saturated rings. The smallest absolute Gasteiger partial charge is 1.00 e. The number of fused-ring (bicyclic) bond motifs is 1. The molecule has 0 aromatic heterocycles. The molecular weight excluding hydrogens is 483 g/mol. The Morgan fingerprint density at radius 2 is 1.57 bits per heavy atom. The minimum Gasteiger partial charge on any atom is -1.00 e. The molecule has 0 atom stereocenters. The van der Waals surface area contributed by atoms with Crippen molar-refractivity contribution in [2.75, 3.05) is 0 Å². The molecule has 3 radical (unpaired) electrons. The monoisotopic (exact) mass is 505 g/mol. The van der Waals surface area contributed by atoms with Gasteiger partial charge in [0.1, 0.15) is 0 Å². The largest absolute Gasteiger partial charge is 3.00 e. The first-order chi connectivity index (χ1) is 8.74. The van der Waals surface area contributed by atoms with Crippen LogP contribution in [0, 0.1) is 6.92 Å². The molecule has 2 aromatic carbocycles. The van der Waals surface area contributed by atoms with Gasteiger partial charge < -0.3 is 34.0 Å². The minimum absolute atomic E-state index is 0. The summed E-state index contributed by atoms with van der Waals surface area (Å²) in [5, 5.41) is 2.81. The Morgan fingerprint density at radius 1 is 1.00 bits per heavy atom. The first-order valence-corrected chi connectivity index (χ1v) is 8.50. The van der Waals surface area contributed by atoms with Crippen LogP contribution in [0.5, 0.6) is 0 Å². The molecule has 0 amide bonds. The zero-order chi connectivity index (χ0) is 13.4. The maximum atomic E-state index is 2.33. The predicted octanol–water partition coefficient (Wildman–Crippen LogP) is -0.608. The molecule has 0 N–H and O–H groups in total. The fraction of sp³-hybridized carbons (Fsp3) is 0.471. The molecule has 0 saturated heterocycles. The van der Waals surface area contributed by atoms with Gasteiger partial charge in [-0.25, -0.2) is 0 Å². The third kappa shape index (κ3) is 8.93. The Labute approximate surface area is 173 Å². The van der Waals surface area contributed by atoms with Gasteiger partial charge in [0.15, 0.2) is 0 Å². The molecule has 2 rings (SSSR count). The van der Waals surface area contributed by atoms with Gasteiger partial charge in [-0.3, -0.25) is 0 Å². The molecule has 0 unspecified atom stereocenters. The molecule has 0 bridgehead atoms. The molecule has 0 nitrogen and oxygen atoms in total. The van der Waals surface area contributed by atoms with E-state index >= 15 is 0 Å². The van der Waals surface area contributed by atoms with Crippen LogP contribution in [-0.2, 0) is 32.6 Å². The first-order valence-electron chi connectivity index (χ1n) is 7.09. The van der Waals surface area contributed by atoms with E-state index in [-0.39, 0.29) is 60.2 Å². The number of halogens is 2. The minimum atomic E-state index is 0. The van der Waals surface area contributed by atoms with Crippen molar-refractivity contribution in [3.63, 3.8) is 0 Å². The summed E-state index contributed by atoms with van der Waals surface area (Å²) in [5.74, 6) is 0. The van der Waals surface area contributed by atoms with Crippen molar-refractivity contribution in [3.05, 3.63) is 41.5 Å². The Bertz CT molecular complexity index is 467. The Balaban J connectivity index is -0.000000360. The number of rotatable bonds is 4. The number of hydrogen-bond donors (Lipinski definition) is 0. The summed E-state index contributed by atoms with van der Waals surface area (Å²) in [6, 6.07) is 13.7. The van der Waals surface area contributed by atoms with Crippen molar-refractivity contribution in [1.82, 2.24) is 0 Å². The summed E-state index contributed by atoms with van der Waals surface area (Å²) in [6.45, 7) is 8.91. The molecule has 0 heterocycles. The van der Waals surface area contributed by atoms with Crippen molar-refractivity contribution in [2.24, 2.45) is 0 Å². The van der Waals surface area contributed by atoms with Crippen molar-refractivity contribution < 1.29 is 60.2 Å². The van der Waals surface area contributed by atoms with Gasteiger partial charge in [-0.15, -0.1) is 40.6 Å². The van der Waals surface area contributed by atoms with Crippen molar-refractivity contribution >= 4 is 20.3 Å². The summed E-state index contributed by atoms with van der Waals surface area (Å²) in [7, 11) is 1.20. The van der Waals surface area contributed by atoms with Crippen LogP contribution in [0.4, 0.5) is 0 Å². The second-order valence-corrected chi connectivity index (χ2v) is 6.50. The van der Waals surface area contributed by atoms with Gasteiger partial charge in [-0.2, -0.15) is 5.56 Å². The predicted molar refractivity (Wildman–Crippen MR) is 85.0 cm³/mol. The van der Waals surface area contributed by atoms with Gasteiger partial charge in [0.25, 0.3) is 0 Å². The number of aryl methyl sites for hydroxylation is 2. The quantitative estimate of drug-likeness (QED) is 0.382. The van der Waals surface area contributed by atoms with Crippen molar-refractivity contribution in [3.8, 4) is 0 Å². The van der Waals surface area contributed by atoms with E-state index in [9.17, 15) is 0 Å². The third-order valence-electron chi connectivity index (χ3n) is 3.20. The SMILES string of the molecule is CCCc1[cH-]c2ccccc2c1C.CC[Si]CC.[Br-].[Br-].[Zr+3]. The number of benzene rings is 1. The Hall–Kier alpha value is 0.890.